The number of Topliss-reactive ketones (excluding diaryl/α,β-unsaturated/α-hetero) is 1. The van der Waals surface area contributed by atoms with Gasteiger partial charge in [0.05, 0.1) is 32.3 Å². The molecule has 0 bridgehead atoms. The molecule has 0 spiro atoms. The summed E-state index contributed by atoms with van der Waals surface area (Å²) < 4.78 is 27.1. The van der Waals surface area contributed by atoms with Gasteiger partial charge >= 0.3 is 5.97 Å². The zero-order valence-corrected chi connectivity index (χ0v) is 17.8. The van der Waals surface area contributed by atoms with Gasteiger partial charge in [0.15, 0.2) is 17.3 Å². The molecule has 0 aliphatic carbocycles. The standard InChI is InChI=1S/C23H24O7/c1-23(2,3)22(25)29-14-7-8-15-16(12-14)30-17(20(15)24)9-13-10-18(26-4)21(28-6)19(11-13)27-5/h7-12H,1-6H3. The first-order valence-electron chi connectivity index (χ1n) is 9.28. The number of hydrogen-bond acceptors (Lipinski definition) is 7. The van der Waals surface area contributed by atoms with Crippen LogP contribution in [0.5, 0.6) is 28.7 Å². The molecule has 1 aliphatic rings. The predicted molar refractivity (Wildman–Crippen MR) is 111 cm³/mol. The van der Waals surface area contributed by atoms with Gasteiger partial charge in [0.2, 0.25) is 11.5 Å². The maximum absolute atomic E-state index is 12.7. The van der Waals surface area contributed by atoms with E-state index in [0.29, 0.717) is 39.9 Å². The summed E-state index contributed by atoms with van der Waals surface area (Å²) >= 11 is 0. The topological polar surface area (TPSA) is 80.3 Å². The van der Waals surface area contributed by atoms with Gasteiger partial charge in [-0.3, -0.25) is 9.59 Å². The average molecular weight is 412 g/mol. The van der Waals surface area contributed by atoms with Crippen LogP contribution in [0.3, 0.4) is 0 Å². The van der Waals surface area contributed by atoms with Crippen LogP contribution in [0.25, 0.3) is 6.08 Å². The van der Waals surface area contributed by atoms with Crippen molar-refractivity contribution in [1.82, 2.24) is 0 Å². The second kappa shape index (κ2) is 8.10. The second-order valence-corrected chi connectivity index (χ2v) is 7.70. The van der Waals surface area contributed by atoms with Crippen LogP contribution in [-0.4, -0.2) is 33.1 Å². The number of rotatable bonds is 5. The number of carbonyl (C=O) groups is 2. The summed E-state index contributed by atoms with van der Waals surface area (Å²) in [7, 11) is 4.55. The smallest absolute Gasteiger partial charge is 0.316 e. The first kappa shape index (κ1) is 21.2. The van der Waals surface area contributed by atoms with E-state index in [1.54, 1.807) is 51.1 Å². The number of hydrogen-bond donors (Lipinski definition) is 0. The Morgan fingerprint density at radius 1 is 0.967 bits per heavy atom. The van der Waals surface area contributed by atoms with Gasteiger partial charge in [-0.1, -0.05) is 0 Å². The van der Waals surface area contributed by atoms with Crippen LogP contribution in [0.2, 0.25) is 0 Å². The molecule has 0 aromatic heterocycles. The maximum atomic E-state index is 12.7. The lowest BCUT2D eigenvalue weighted by molar-refractivity contribution is -0.143. The lowest BCUT2D eigenvalue weighted by atomic mass is 9.97. The molecule has 1 aliphatic heterocycles. The van der Waals surface area contributed by atoms with E-state index in [1.807, 2.05) is 0 Å². The number of esters is 1. The third kappa shape index (κ3) is 4.10. The molecule has 30 heavy (non-hydrogen) atoms. The van der Waals surface area contributed by atoms with Crippen molar-refractivity contribution in [3.63, 3.8) is 0 Å². The molecule has 158 valence electrons. The SMILES string of the molecule is COc1cc(C=C2Oc3cc(OC(=O)C(C)(C)C)ccc3C2=O)cc(OC)c1OC. The van der Waals surface area contributed by atoms with Crippen molar-refractivity contribution in [2.45, 2.75) is 20.8 Å². The number of carbonyl (C=O) groups excluding carboxylic acids is 2. The van der Waals surface area contributed by atoms with Crippen molar-refractivity contribution in [2.75, 3.05) is 21.3 Å². The highest BCUT2D eigenvalue weighted by Crippen LogP contribution is 2.40. The Morgan fingerprint density at radius 3 is 2.13 bits per heavy atom. The fourth-order valence-corrected chi connectivity index (χ4v) is 2.83. The third-order valence-corrected chi connectivity index (χ3v) is 4.45. The number of ether oxygens (including phenoxy) is 5. The molecule has 7 heteroatoms. The molecular formula is C23H24O7. The van der Waals surface area contributed by atoms with Crippen LogP contribution < -0.4 is 23.7 Å². The largest absolute Gasteiger partial charge is 0.493 e. The van der Waals surface area contributed by atoms with E-state index >= 15 is 0 Å². The van der Waals surface area contributed by atoms with Gasteiger partial charge in [0, 0.05) is 6.07 Å². The van der Waals surface area contributed by atoms with Gasteiger partial charge in [-0.25, -0.2) is 0 Å². The predicted octanol–water partition coefficient (Wildman–Crippen LogP) is 4.28. The summed E-state index contributed by atoms with van der Waals surface area (Å²) in [4.78, 5) is 24.8. The molecule has 0 fully saturated rings. The number of fused-ring (bicyclic) bond motifs is 1. The molecule has 3 rings (SSSR count). The van der Waals surface area contributed by atoms with Crippen molar-refractivity contribution in [3.8, 4) is 28.7 Å². The number of ketones is 1. The van der Waals surface area contributed by atoms with Crippen LogP contribution in [0.4, 0.5) is 0 Å². The van der Waals surface area contributed by atoms with Crippen molar-refractivity contribution in [2.24, 2.45) is 5.41 Å². The molecule has 0 unspecified atom stereocenters. The molecule has 0 radical (unpaired) electrons. The van der Waals surface area contributed by atoms with E-state index < -0.39 is 5.41 Å². The van der Waals surface area contributed by atoms with Crippen molar-refractivity contribution in [3.05, 3.63) is 47.2 Å². The number of benzene rings is 2. The minimum atomic E-state index is -0.646. The minimum absolute atomic E-state index is 0.138. The fraction of sp³-hybridized carbons (Fsp3) is 0.304. The van der Waals surface area contributed by atoms with Crippen molar-refractivity contribution < 1.29 is 33.3 Å². The van der Waals surface area contributed by atoms with E-state index in [-0.39, 0.29) is 17.5 Å². The number of methoxy groups -OCH3 is 3. The van der Waals surface area contributed by atoms with Crippen molar-refractivity contribution >= 4 is 17.8 Å². The van der Waals surface area contributed by atoms with E-state index in [4.69, 9.17) is 23.7 Å². The zero-order chi connectivity index (χ0) is 22.1. The lowest BCUT2D eigenvalue weighted by Gasteiger charge is -2.16. The number of allylic oxidation sites excluding steroid dienone is 1. The molecular weight excluding hydrogens is 388 g/mol. The van der Waals surface area contributed by atoms with E-state index in [1.165, 1.54) is 27.4 Å². The molecule has 2 aromatic carbocycles. The summed E-state index contributed by atoms with van der Waals surface area (Å²) in [5, 5.41) is 0. The molecule has 0 amide bonds. The Morgan fingerprint density at radius 2 is 1.60 bits per heavy atom. The fourth-order valence-electron chi connectivity index (χ4n) is 2.83. The summed E-state index contributed by atoms with van der Waals surface area (Å²) in [6, 6.07) is 8.12. The Labute approximate surface area is 175 Å². The molecule has 0 N–H and O–H groups in total. The monoisotopic (exact) mass is 412 g/mol. The summed E-state index contributed by atoms with van der Waals surface area (Å²) in [6.07, 6.45) is 1.59. The normalized spacial score (nSPS) is 14.2. The Bertz CT molecular complexity index is 1000. The Kier molecular flexibility index (Phi) is 5.73. The highest BCUT2D eigenvalue weighted by Gasteiger charge is 2.29. The van der Waals surface area contributed by atoms with Crippen LogP contribution >= 0.6 is 0 Å². The average Bonchev–Trinajstić information content (AvgIpc) is 3.01. The van der Waals surface area contributed by atoms with E-state index in [2.05, 4.69) is 0 Å². The molecule has 7 nitrogen and oxygen atoms in total. The maximum Gasteiger partial charge on any atom is 0.316 e. The van der Waals surface area contributed by atoms with Crippen LogP contribution in [0.1, 0.15) is 36.7 Å². The second-order valence-electron chi connectivity index (χ2n) is 7.70. The van der Waals surface area contributed by atoms with Gasteiger partial charge in [-0.15, -0.1) is 0 Å². The van der Waals surface area contributed by atoms with Gasteiger partial charge in [0.1, 0.15) is 11.5 Å². The van der Waals surface area contributed by atoms with Gasteiger partial charge < -0.3 is 23.7 Å². The summed E-state index contributed by atoms with van der Waals surface area (Å²) in [5.74, 6) is 1.51. The molecule has 0 saturated heterocycles. The molecule has 2 aromatic rings. The quantitative estimate of drug-likeness (QED) is 0.412. The summed E-state index contributed by atoms with van der Waals surface area (Å²) in [6.45, 7) is 5.29. The van der Waals surface area contributed by atoms with Gasteiger partial charge in [0.25, 0.3) is 0 Å². The summed E-state index contributed by atoms with van der Waals surface area (Å²) in [5.41, 5.74) is 0.386. The Hall–Kier alpha value is -3.48. The third-order valence-electron chi connectivity index (χ3n) is 4.45. The molecule has 0 atom stereocenters. The molecule has 0 saturated carbocycles. The lowest BCUT2D eigenvalue weighted by Crippen LogP contribution is -2.25. The molecule has 1 heterocycles. The zero-order valence-electron chi connectivity index (χ0n) is 17.8. The van der Waals surface area contributed by atoms with E-state index in [0.717, 1.165) is 0 Å². The first-order chi connectivity index (χ1) is 14.2. The van der Waals surface area contributed by atoms with Gasteiger partial charge in [-0.05, 0) is 56.7 Å². The Balaban J connectivity index is 1.91. The van der Waals surface area contributed by atoms with Crippen LogP contribution in [0, 0.1) is 5.41 Å². The first-order valence-corrected chi connectivity index (χ1v) is 9.28. The van der Waals surface area contributed by atoms with Gasteiger partial charge in [-0.2, -0.15) is 0 Å². The minimum Gasteiger partial charge on any atom is -0.493 e. The van der Waals surface area contributed by atoms with Crippen LogP contribution in [0.15, 0.2) is 36.1 Å². The highest BCUT2D eigenvalue weighted by molar-refractivity contribution is 6.14. The van der Waals surface area contributed by atoms with E-state index in [9.17, 15) is 9.59 Å². The van der Waals surface area contributed by atoms with Crippen LogP contribution in [-0.2, 0) is 4.79 Å². The highest BCUT2D eigenvalue weighted by atomic mass is 16.5. The van der Waals surface area contributed by atoms with Crippen molar-refractivity contribution in [1.29, 1.82) is 0 Å².